The number of rotatable bonds is 8. The highest BCUT2D eigenvalue weighted by atomic mass is 35.5. The van der Waals surface area contributed by atoms with E-state index in [0.29, 0.717) is 12.1 Å². The molecule has 0 heterocycles. The second-order valence-electron chi connectivity index (χ2n) is 5.41. The van der Waals surface area contributed by atoms with Crippen molar-refractivity contribution in [3.63, 3.8) is 0 Å². The summed E-state index contributed by atoms with van der Waals surface area (Å²) in [5, 5.41) is 4.26. The molecule has 1 aliphatic rings. The summed E-state index contributed by atoms with van der Waals surface area (Å²) in [7, 11) is 1.74. The molecule has 1 atom stereocenters. The van der Waals surface area contributed by atoms with Gasteiger partial charge in [-0.25, -0.2) is 0 Å². The first-order valence-corrected chi connectivity index (χ1v) is 7.83. The number of anilines is 1. The number of hydrogen-bond acceptors (Lipinski definition) is 3. The van der Waals surface area contributed by atoms with E-state index in [0.717, 1.165) is 30.4 Å². The molecule has 112 valence electrons. The fourth-order valence-electron chi connectivity index (χ4n) is 2.53. The summed E-state index contributed by atoms with van der Waals surface area (Å²) >= 11 is 6.51. The number of nitrogens with one attached hydrogen (secondary N) is 1. The average molecular weight is 297 g/mol. The molecule has 4 heteroatoms. The van der Waals surface area contributed by atoms with E-state index in [1.165, 1.54) is 18.4 Å². The number of methoxy groups -OCH3 is 1. The summed E-state index contributed by atoms with van der Waals surface area (Å²) in [4.78, 5) is 2.38. The fourth-order valence-corrected chi connectivity index (χ4v) is 2.82. The molecular weight excluding hydrogens is 272 g/mol. The molecule has 1 aliphatic carbocycles. The van der Waals surface area contributed by atoms with Crippen molar-refractivity contribution < 1.29 is 4.74 Å². The predicted octanol–water partition coefficient (Wildman–Crippen LogP) is 3.63. The molecule has 0 aliphatic heterocycles. The monoisotopic (exact) mass is 296 g/mol. The van der Waals surface area contributed by atoms with Crippen LogP contribution in [0.3, 0.4) is 0 Å². The molecule has 1 unspecified atom stereocenters. The third-order valence-electron chi connectivity index (χ3n) is 3.82. The van der Waals surface area contributed by atoms with Crippen molar-refractivity contribution in [2.45, 2.75) is 38.8 Å². The molecule has 20 heavy (non-hydrogen) atoms. The molecule has 0 radical (unpaired) electrons. The maximum atomic E-state index is 6.51. The van der Waals surface area contributed by atoms with Crippen LogP contribution in [0.1, 0.15) is 38.3 Å². The standard InChI is InChI=1S/C16H25ClN2O/c1-4-18-12(2)13-5-8-16(15(17)11-13)19(9-10-20-3)14-6-7-14/h5,8,11-12,14,18H,4,6-7,9-10H2,1-3H3. The van der Waals surface area contributed by atoms with Gasteiger partial charge in [0, 0.05) is 25.7 Å². The van der Waals surface area contributed by atoms with Crippen LogP contribution in [-0.2, 0) is 4.74 Å². The average Bonchev–Trinajstić information content (AvgIpc) is 3.25. The number of halogens is 1. The molecule has 0 bridgehead atoms. The van der Waals surface area contributed by atoms with Gasteiger partial charge < -0.3 is 15.0 Å². The maximum absolute atomic E-state index is 6.51. The first-order valence-electron chi connectivity index (χ1n) is 7.45. The largest absolute Gasteiger partial charge is 0.383 e. The van der Waals surface area contributed by atoms with Gasteiger partial charge in [-0.05, 0) is 44.0 Å². The molecule has 1 fully saturated rings. The van der Waals surface area contributed by atoms with E-state index in [4.69, 9.17) is 16.3 Å². The van der Waals surface area contributed by atoms with E-state index >= 15 is 0 Å². The smallest absolute Gasteiger partial charge is 0.0643 e. The molecule has 1 aromatic rings. The Kier molecular flexibility index (Phi) is 5.70. The van der Waals surface area contributed by atoms with Crippen molar-refractivity contribution in [2.24, 2.45) is 0 Å². The molecular formula is C16H25ClN2O. The molecule has 1 aromatic carbocycles. The van der Waals surface area contributed by atoms with Crippen LogP contribution in [-0.4, -0.2) is 32.8 Å². The van der Waals surface area contributed by atoms with E-state index in [-0.39, 0.29) is 0 Å². The van der Waals surface area contributed by atoms with Gasteiger partial charge >= 0.3 is 0 Å². The minimum Gasteiger partial charge on any atom is -0.383 e. The summed E-state index contributed by atoms with van der Waals surface area (Å²) < 4.78 is 5.21. The highest BCUT2D eigenvalue weighted by molar-refractivity contribution is 6.33. The van der Waals surface area contributed by atoms with Crippen LogP contribution >= 0.6 is 11.6 Å². The van der Waals surface area contributed by atoms with Gasteiger partial charge in [0.05, 0.1) is 17.3 Å². The minimum absolute atomic E-state index is 0.333. The van der Waals surface area contributed by atoms with E-state index < -0.39 is 0 Å². The Morgan fingerprint density at radius 1 is 1.45 bits per heavy atom. The summed E-state index contributed by atoms with van der Waals surface area (Å²) in [5.74, 6) is 0. The van der Waals surface area contributed by atoms with Crippen molar-refractivity contribution in [3.05, 3.63) is 28.8 Å². The quantitative estimate of drug-likeness (QED) is 0.793. The zero-order valence-electron chi connectivity index (χ0n) is 12.7. The lowest BCUT2D eigenvalue weighted by Gasteiger charge is -2.26. The second kappa shape index (κ2) is 7.30. The van der Waals surface area contributed by atoms with Gasteiger partial charge in [0.25, 0.3) is 0 Å². The zero-order valence-corrected chi connectivity index (χ0v) is 13.4. The number of ether oxygens (including phenoxy) is 1. The van der Waals surface area contributed by atoms with Crippen LogP contribution in [0, 0.1) is 0 Å². The minimum atomic E-state index is 0.333. The van der Waals surface area contributed by atoms with Gasteiger partial charge in [-0.3, -0.25) is 0 Å². The second-order valence-corrected chi connectivity index (χ2v) is 5.81. The van der Waals surface area contributed by atoms with Gasteiger partial charge in [-0.2, -0.15) is 0 Å². The first-order chi connectivity index (χ1) is 9.67. The molecule has 0 amide bonds. The number of hydrogen-bond donors (Lipinski definition) is 1. The van der Waals surface area contributed by atoms with Crippen LogP contribution in [0.4, 0.5) is 5.69 Å². The molecule has 3 nitrogen and oxygen atoms in total. The highest BCUT2D eigenvalue weighted by Gasteiger charge is 2.30. The molecule has 0 aromatic heterocycles. The summed E-state index contributed by atoms with van der Waals surface area (Å²) in [5.41, 5.74) is 2.38. The van der Waals surface area contributed by atoms with E-state index in [1.807, 2.05) is 0 Å². The Morgan fingerprint density at radius 3 is 2.75 bits per heavy atom. The van der Waals surface area contributed by atoms with Crippen LogP contribution in [0.25, 0.3) is 0 Å². The van der Waals surface area contributed by atoms with Crippen LogP contribution in [0.5, 0.6) is 0 Å². The molecule has 1 N–H and O–H groups in total. The maximum Gasteiger partial charge on any atom is 0.0643 e. The highest BCUT2D eigenvalue weighted by Crippen LogP contribution is 2.36. The number of nitrogens with zero attached hydrogens (tertiary/aromatic N) is 1. The molecule has 2 rings (SSSR count). The van der Waals surface area contributed by atoms with Gasteiger partial charge in [-0.15, -0.1) is 0 Å². The predicted molar refractivity (Wildman–Crippen MR) is 85.8 cm³/mol. The molecule has 0 spiro atoms. The van der Waals surface area contributed by atoms with E-state index in [2.05, 4.69) is 42.3 Å². The van der Waals surface area contributed by atoms with Crippen molar-refractivity contribution in [2.75, 3.05) is 31.7 Å². The topological polar surface area (TPSA) is 24.5 Å². The lowest BCUT2D eigenvalue weighted by atomic mass is 10.1. The first kappa shape index (κ1) is 15.6. The van der Waals surface area contributed by atoms with Gasteiger partial charge in [0.15, 0.2) is 0 Å². The lowest BCUT2D eigenvalue weighted by Crippen LogP contribution is -2.29. The van der Waals surface area contributed by atoms with Crippen molar-refractivity contribution in [1.82, 2.24) is 5.32 Å². The van der Waals surface area contributed by atoms with E-state index in [9.17, 15) is 0 Å². The van der Waals surface area contributed by atoms with E-state index in [1.54, 1.807) is 7.11 Å². The third-order valence-corrected chi connectivity index (χ3v) is 4.12. The normalized spacial score (nSPS) is 16.2. The van der Waals surface area contributed by atoms with Crippen molar-refractivity contribution in [3.8, 4) is 0 Å². The van der Waals surface area contributed by atoms with Crippen LogP contribution in [0.2, 0.25) is 5.02 Å². The Morgan fingerprint density at radius 2 is 2.20 bits per heavy atom. The van der Waals surface area contributed by atoms with Crippen molar-refractivity contribution in [1.29, 1.82) is 0 Å². The Labute approximate surface area is 127 Å². The Hall–Kier alpha value is -0.770. The SMILES string of the molecule is CCNC(C)c1ccc(N(CCOC)C2CC2)c(Cl)c1. The molecule has 0 saturated heterocycles. The Bertz CT molecular complexity index is 434. The van der Waals surface area contributed by atoms with Gasteiger partial charge in [-0.1, -0.05) is 24.6 Å². The van der Waals surface area contributed by atoms with Crippen LogP contribution < -0.4 is 10.2 Å². The summed E-state index contributed by atoms with van der Waals surface area (Å²) in [6.45, 7) is 6.89. The molecule has 1 saturated carbocycles. The third kappa shape index (κ3) is 3.87. The lowest BCUT2D eigenvalue weighted by molar-refractivity contribution is 0.205. The Balaban J connectivity index is 2.14. The van der Waals surface area contributed by atoms with Gasteiger partial charge in [0.1, 0.15) is 0 Å². The number of benzene rings is 1. The summed E-state index contributed by atoms with van der Waals surface area (Å²) in [6.07, 6.45) is 2.52. The van der Waals surface area contributed by atoms with Crippen LogP contribution in [0.15, 0.2) is 18.2 Å². The fraction of sp³-hybridized carbons (Fsp3) is 0.625. The van der Waals surface area contributed by atoms with Gasteiger partial charge in [0.2, 0.25) is 0 Å². The summed E-state index contributed by atoms with van der Waals surface area (Å²) in [6, 6.07) is 7.39. The zero-order chi connectivity index (χ0) is 14.5. The van der Waals surface area contributed by atoms with Crippen molar-refractivity contribution >= 4 is 17.3 Å².